The first-order valence-corrected chi connectivity index (χ1v) is 6.50. The van der Waals surface area contributed by atoms with Gasteiger partial charge in [0, 0.05) is 12.6 Å². The Morgan fingerprint density at radius 1 is 1.44 bits per heavy atom. The third-order valence-electron chi connectivity index (χ3n) is 3.76. The Balaban J connectivity index is 2.81. The molecule has 0 radical (unpaired) electrons. The lowest BCUT2D eigenvalue weighted by molar-refractivity contribution is -0.130. The molecule has 1 rings (SSSR count). The van der Waals surface area contributed by atoms with Crippen molar-refractivity contribution in [3.05, 3.63) is 0 Å². The van der Waals surface area contributed by atoms with Gasteiger partial charge in [-0.25, -0.2) is 0 Å². The maximum absolute atomic E-state index is 11.9. The van der Waals surface area contributed by atoms with Crippen molar-refractivity contribution in [3.8, 4) is 17.9 Å². The van der Waals surface area contributed by atoms with Gasteiger partial charge in [0.1, 0.15) is 0 Å². The van der Waals surface area contributed by atoms with Gasteiger partial charge in [-0.05, 0) is 37.0 Å². The van der Waals surface area contributed by atoms with Crippen LogP contribution in [-0.4, -0.2) is 23.4 Å². The zero-order chi connectivity index (χ0) is 13.8. The van der Waals surface area contributed by atoms with Crippen molar-refractivity contribution in [3.63, 3.8) is 0 Å². The molecule has 1 fully saturated rings. The predicted molar refractivity (Wildman–Crippen MR) is 71.4 cm³/mol. The fraction of sp³-hybridized carbons (Fsp3) is 0.733. The lowest BCUT2D eigenvalue weighted by atomic mass is 9.73. The van der Waals surface area contributed by atoms with Crippen LogP contribution in [0.15, 0.2) is 0 Å². The predicted octanol–water partition coefficient (Wildman–Crippen LogP) is 2.58. The van der Waals surface area contributed by atoms with Crippen molar-refractivity contribution in [2.24, 2.45) is 11.3 Å². The Kier molecular flexibility index (Phi) is 4.79. The zero-order valence-corrected chi connectivity index (χ0v) is 11.8. The molecular formula is C15H22N2O. The molecule has 3 heteroatoms. The van der Waals surface area contributed by atoms with Crippen LogP contribution in [0.2, 0.25) is 0 Å². The molecule has 0 spiro atoms. The quantitative estimate of drug-likeness (QED) is 0.667. The molecule has 0 saturated carbocycles. The summed E-state index contributed by atoms with van der Waals surface area (Å²) in [6.07, 6.45) is 2.32. The summed E-state index contributed by atoms with van der Waals surface area (Å²) < 4.78 is 0. The number of hydrogen-bond acceptors (Lipinski definition) is 2. The van der Waals surface area contributed by atoms with Crippen LogP contribution in [-0.2, 0) is 4.79 Å². The highest BCUT2D eigenvalue weighted by atomic mass is 16.2. The van der Waals surface area contributed by atoms with Crippen LogP contribution < -0.4 is 0 Å². The van der Waals surface area contributed by atoms with E-state index >= 15 is 0 Å². The van der Waals surface area contributed by atoms with Crippen LogP contribution >= 0.6 is 0 Å². The Hall–Kier alpha value is -1.48. The van der Waals surface area contributed by atoms with Crippen molar-refractivity contribution < 1.29 is 4.79 Å². The second kappa shape index (κ2) is 5.91. The molecule has 1 aliphatic rings. The molecule has 0 aromatic heterocycles. The third kappa shape index (κ3) is 3.50. The van der Waals surface area contributed by atoms with Crippen molar-refractivity contribution in [2.75, 3.05) is 6.54 Å². The molecule has 18 heavy (non-hydrogen) atoms. The summed E-state index contributed by atoms with van der Waals surface area (Å²) in [5, 5.41) is 8.91. The molecule has 0 aliphatic carbocycles. The minimum atomic E-state index is -0.134. The fourth-order valence-corrected chi connectivity index (χ4v) is 2.58. The number of hydrogen-bond donors (Lipinski definition) is 0. The van der Waals surface area contributed by atoms with E-state index in [0.29, 0.717) is 12.3 Å². The highest BCUT2D eigenvalue weighted by Gasteiger charge is 2.35. The van der Waals surface area contributed by atoms with E-state index in [1.165, 1.54) is 0 Å². The zero-order valence-electron chi connectivity index (χ0n) is 11.8. The van der Waals surface area contributed by atoms with E-state index in [1.54, 1.807) is 11.8 Å². The van der Waals surface area contributed by atoms with E-state index in [9.17, 15) is 4.79 Å². The molecule has 98 valence electrons. The topological polar surface area (TPSA) is 44.1 Å². The maximum atomic E-state index is 11.9. The SMILES string of the molecule is CC#CC(=O)N1CC[C@H](C(C)(C)C)C[C@H]1CC#N. The van der Waals surface area contributed by atoms with E-state index in [0.717, 1.165) is 19.4 Å². The van der Waals surface area contributed by atoms with Crippen LogP contribution in [0.1, 0.15) is 47.0 Å². The van der Waals surface area contributed by atoms with E-state index in [-0.39, 0.29) is 17.4 Å². The number of piperidine rings is 1. The van der Waals surface area contributed by atoms with E-state index in [4.69, 9.17) is 5.26 Å². The van der Waals surface area contributed by atoms with Crippen LogP contribution in [0, 0.1) is 34.5 Å². The smallest absolute Gasteiger partial charge is 0.298 e. The van der Waals surface area contributed by atoms with Gasteiger partial charge in [0.05, 0.1) is 12.5 Å². The summed E-state index contributed by atoms with van der Waals surface area (Å²) in [6.45, 7) is 9.07. The van der Waals surface area contributed by atoms with Gasteiger partial charge in [-0.15, -0.1) is 0 Å². The second-order valence-corrected chi connectivity index (χ2v) is 5.98. The number of nitrogens with zero attached hydrogens (tertiary/aromatic N) is 2. The summed E-state index contributed by atoms with van der Waals surface area (Å²) in [5.74, 6) is 5.66. The van der Waals surface area contributed by atoms with Crippen molar-refractivity contribution >= 4 is 5.91 Å². The average molecular weight is 246 g/mol. The molecule has 0 aromatic rings. The Bertz CT molecular complexity index is 403. The van der Waals surface area contributed by atoms with Gasteiger partial charge in [-0.1, -0.05) is 26.7 Å². The first kappa shape index (κ1) is 14.6. The van der Waals surface area contributed by atoms with Gasteiger partial charge in [0.25, 0.3) is 5.91 Å². The average Bonchev–Trinajstić information content (AvgIpc) is 2.28. The van der Waals surface area contributed by atoms with Crippen molar-refractivity contribution in [1.82, 2.24) is 4.90 Å². The van der Waals surface area contributed by atoms with Gasteiger partial charge in [0.15, 0.2) is 0 Å². The van der Waals surface area contributed by atoms with Crippen LogP contribution in [0.25, 0.3) is 0 Å². The number of amides is 1. The van der Waals surface area contributed by atoms with Gasteiger partial charge < -0.3 is 4.90 Å². The molecule has 3 nitrogen and oxygen atoms in total. The first-order valence-electron chi connectivity index (χ1n) is 6.50. The van der Waals surface area contributed by atoms with E-state index in [1.807, 2.05) is 0 Å². The van der Waals surface area contributed by atoms with E-state index in [2.05, 4.69) is 38.7 Å². The van der Waals surface area contributed by atoms with Gasteiger partial charge >= 0.3 is 0 Å². The molecule has 2 atom stereocenters. The second-order valence-electron chi connectivity index (χ2n) is 5.98. The summed E-state index contributed by atoms with van der Waals surface area (Å²) in [5.41, 5.74) is 0.235. The largest absolute Gasteiger partial charge is 0.328 e. The molecule has 1 heterocycles. The first-order chi connectivity index (χ1) is 8.40. The minimum Gasteiger partial charge on any atom is -0.328 e. The van der Waals surface area contributed by atoms with Gasteiger partial charge in [-0.2, -0.15) is 5.26 Å². The molecule has 1 saturated heterocycles. The fourth-order valence-electron chi connectivity index (χ4n) is 2.58. The normalized spacial score (nSPS) is 23.8. The number of likely N-dealkylation sites (tertiary alicyclic amines) is 1. The Morgan fingerprint density at radius 3 is 2.61 bits per heavy atom. The van der Waals surface area contributed by atoms with E-state index < -0.39 is 0 Å². The lowest BCUT2D eigenvalue weighted by Crippen LogP contribution is -2.47. The van der Waals surface area contributed by atoms with Crippen molar-refractivity contribution in [2.45, 2.75) is 53.0 Å². The molecule has 0 bridgehead atoms. The third-order valence-corrected chi connectivity index (χ3v) is 3.76. The van der Waals surface area contributed by atoms with Gasteiger partial charge in [0.2, 0.25) is 0 Å². The Labute approximate surface area is 110 Å². The Morgan fingerprint density at radius 2 is 2.11 bits per heavy atom. The molecule has 0 aromatic carbocycles. The molecule has 1 aliphatic heterocycles. The molecule has 0 unspecified atom stereocenters. The van der Waals surface area contributed by atoms with Crippen molar-refractivity contribution in [1.29, 1.82) is 5.26 Å². The molecule has 0 N–H and O–H groups in total. The molecular weight excluding hydrogens is 224 g/mol. The number of carbonyl (C=O) groups excluding carboxylic acids is 1. The highest BCUT2D eigenvalue weighted by molar-refractivity contribution is 5.93. The summed E-state index contributed by atoms with van der Waals surface area (Å²) in [6, 6.07) is 2.22. The lowest BCUT2D eigenvalue weighted by Gasteiger charge is -2.42. The standard InChI is InChI=1S/C15H22N2O/c1-5-6-14(18)17-10-8-12(15(2,3)4)11-13(17)7-9-16/h12-13H,7-8,10-11H2,1-4H3/t12-,13+/m0/s1. The van der Waals surface area contributed by atoms with Gasteiger partial charge in [-0.3, -0.25) is 4.79 Å². The molecule has 1 amide bonds. The number of carbonyl (C=O) groups is 1. The van der Waals surface area contributed by atoms with Crippen LogP contribution in [0.4, 0.5) is 0 Å². The highest BCUT2D eigenvalue weighted by Crippen LogP contribution is 2.37. The number of rotatable bonds is 1. The van der Waals surface area contributed by atoms with Crippen LogP contribution in [0.5, 0.6) is 0 Å². The maximum Gasteiger partial charge on any atom is 0.298 e. The summed E-state index contributed by atoms with van der Waals surface area (Å²) in [4.78, 5) is 13.7. The monoisotopic (exact) mass is 246 g/mol. The summed E-state index contributed by atoms with van der Waals surface area (Å²) in [7, 11) is 0. The number of nitriles is 1. The van der Waals surface area contributed by atoms with Crippen LogP contribution in [0.3, 0.4) is 0 Å². The summed E-state index contributed by atoms with van der Waals surface area (Å²) >= 11 is 0. The minimum absolute atomic E-state index is 0.0290.